The van der Waals surface area contributed by atoms with Crippen LogP contribution < -0.4 is 14.4 Å². The molecule has 0 unspecified atom stereocenters. The van der Waals surface area contributed by atoms with Gasteiger partial charge in [0.2, 0.25) is 0 Å². The first kappa shape index (κ1) is 21.7. The Hall–Kier alpha value is -4.10. The van der Waals surface area contributed by atoms with Crippen LogP contribution in [0.25, 0.3) is 0 Å². The summed E-state index contributed by atoms with van der Waals surface area (Å²) in [5.74, 6) is 0.700. The van der Waals surface area contributed by atoms with Crippen LogP contribution in [0.15, 0.2) is 108 Å². The summed E-state index contributed by atoms with van der Waals surface area (Å²) in [5, 5.41) is 2.84. The number of ether oxygens (including phenoxy) is 1. The number of sulfonamides is 1. The normalized spacial score (nSPS) is 12.8. The van der Waals surface area contributed by atoms with E-state index in [-0.39, 0.29) is 10.5 Å². The van der Waals surface area contributed by atoms with Gasteiger partial charge in [-0.05, 0) is 60.5 Å². The zero-order valence-electron chi connectivity index (χ0n) is 18.2. The lowest BCUT2D eigenvalue weighted by atomic mass is 10.2. The molecule has 0 saturated heterocycles. The van der Waals surface area contributed by atoms with Gasteiger partial charge in [0.25, 0.3) is 15.9 Å². The van der Waals surface area contributed by atoms with Crippen molar-refractivity contribution in [1.29, 1.82) is 0 Å². The largest absolute Gasteiger partial charge is 0.455 e. The molecule has 0 radical (unpaired) electrons. The Balaban J connectivity index is 1.39. The highest BCUT2D eigenvalue weighted by molar-refractivity contribution is 7.92. The van der Waals surface area contributed by atoms with E-state index >= 15 is 0 Å². The maximum Gasteiger partial charge on any atom is 0.264 e. The molecule has 7 heteroatoms. The summed E-state index contributed by atoms with van der Waals surface area (Å²) < 4.78 is 34.0. The van der Waals surface area contributed by atoms with E-state index in [4.69, 9.17) is 4.74 Å². The van der Waals surface area contributed by atoms with Gasteiger partial charge in [-0.15, -0.1) is 0 Å². The molecule has 0 atom stereocenters. The van der Waals surface area contributed by atoms with Gasteiger partial charge in [-0.2, -0.15) is 0 Å². The molecule has 0 bridgehead atoms. The number of benzene rings is 4. The van der Waals surface area contributed by atoms with Crippen molar-refractivity contribution in [3.8, 4) is 11.5 Å². The van der Waals surface area contributed by atoms with Crippen LogP contribution in [0.4, 0.5) is 11.4 Å². The van der Waals surface area contributed by atoms with Gasteiger partial charge in [0.1, 0.15) is 5.75 Å². The summed E-state index contributed by atoms with van der Waals surface area (Å²) >= 11 is 0. The molecule has 1 aliphatic heterocycles. The molecule has 1 heterocycles. The van der Waals surface area contributed by atoms with Crippen LogP contribution in [-0.2, 0) is 16.4 Å². The Morgan fingerprint density at radius 3 is 2.41 bits per heavy atom. The Kier molecular flexibility index (Phi) is 5.77. The van der Waals surface area contributed by atoms with E-state index in [1.807, 2.05) is 54.6 Å². The SMILES string of the molecule is O=C(Nc1ccccc1Oc1ccccc1)c1cccc(S(=O)(=O)N2CCc3ccccc32)c1. The zero-order valence-corrected chi connectivity index (χ0v) is 19.0. The first-order chi connectivity index (χ1) is 16.5. The minimum Gasteiger partial charge on any atom is -0.455 e. The Morgan fingerprint density at radius 2 is 1.56 bits per heavy atom. The monoisotopic (exact) mass is 470 g/mol. The van der Waals surface area contributed by atoms with E-state index < -0.39 is 15.9 Å². The molecule has 1 amide bonds. The summed E-state index contributed by atoms with van der Waals surface area (Å²) in [5.41, 5.74) is 2.40. The summed E-state index contributed by atoms with van der Waals surface area (Å²) in [7, 11) is -3.80. The number of para-hydroxylation sites is 4. The van der Waals surface area contributed by atoms with Gasteiger partial charge in [-0.25, -0.2) is 8.42 Å². The molecule has 170 valence electrons. The average Bonchev–Trinajstić information content (AvgIpc) is 3.31. The maximum absolute atomic E-state index is 13.4. The number of anilines is 2. The number of rotatable bonds is 6. The fourth-order valence-corrected chi connectivity index (χ4v) is 5.50. The third-order valence-electron chi connectivity index (χ3n) is 5.64. The number of carbonyl (C=O) groups is 1. The number of nitrogens with one attached hydrogen (secondary N) is 1. The third kappa shape index (κ3) is 4.25. The van der Waals surface area contributed by atoms with Crippen LogP contribution in [0.2, 0.25) is 0 Å². The maximum atomic E-state index is 13.4. The molecule has 5 rings (SSSR count). The van der Waals surface area contributed by atoms with Crippen LogP contribution in [0.1, 0.15) is 15.9 Å². The van der Waals surface area contributed by atoms with Crippen LogP contribution in [-0.4, -0.2) is 20.9 Å². The molecule has 0 aliphatic carbocycles. The summed E-state index contributed by atoms with van der Waals surface area (Å²) in [6.07, 6.45) is 0.660. The van der Waals surface area contributed by atoms with Crippen molar-refractivity contribution >= 4 is 27.3 Å². The van der Waals surface area contributed by atoms with E-state index in [0.29, 0.717) is 35.8 Å². The second-order valence-corrected chi connectivity index (χ2v) is 9.71. The predicted molar refractivity (Wildman–Crippen MR) is 132 cm³/mol. The number of nitrogens with zero attached hydrogens (tertiary/aromatic N) is 1. The van der Waals surface area contributed by atoms with Crippen molar-refractivity contribution in [2.75, 3.05) is 16.2 Å². The van der Waals surface area contributed by atoms with E-state index in [1.54, 1.807) is 36.4 Å². The van der Waals surface area contributed by atoms with E-state index in [1.165, 1.54) is 16.4 Å². The lowest BCUT2D eigenvalue weighted by molar-refractivity contribution is 0.102. The second-order valence-electron chi connectivity index (χ2n) is 7.85. The summed E-state index contributed by atoms with van der Waals surface area (Å²) in [6.45, 7) is 0.377. The smallest absolute Gasteiger partial charge is 0.264 e. The highest BCUT2D eigenvalue weighted by Crippen LogP contribution is 2.33. The number of amides is 1. The van der Waals surface area contributed by atoms with Crippen molar-refractivity contribution < 1.29 is 17.9 Å². The quantitative estimate of drug-likeness (QED) is 0.405. The molecule has 1 N–H and O–H groups in total. The molecule has 0 fully saturated rings. The minimum absolute atomic E-state index is 0.0747. The number of carbonyl (C=O) groups excluding carboxylic acids is 1. The molecule has 0 spiro atoms. The van der Waals surface area contributed by atoms with Gasteiger partial charge in [0, 0.05) is 12.1 Å². The lowest BCUT2D eigenvalue weighted by Crippen LogP contribution is -2.29. The Labute approximate surface area is 198 Å². The van der Waals surface area contributed by atoms with Gasteiger partial charge < -0.3 is 10.1 Å². The molecule has 4 aromatic carbocycles. The van der Waals surface area contributed by atoms with Crippen LogP contribution in [0.5, 0.6) is 11.5 Å². The van der Waals surface area contributed by atoms with Crippen molar-refractivity contribution in [3.63, 3.8) is 0 Å². The Morgan fingerprint density at radius 1 is 0.824 bits per heavy atom. The number of hydrogen-bond donors (Lipinski definition) is 1. The first-order valence-corrected chi connectivity index (χ1v) is 12.3. The zero-order chi connectivity index (χ0) is 23.5. The molecule has 0 saturated carbocycles. The standard InChI is InChI=1S/C27H22N2O4S/c30-27(28-24-14-5-7-16-26(24)33-22-11-2-1-3-12-22)21-10-8-13-23(19-21)34(31,32)29-18-17-20-9-4-6-15-25(20)29/h1-16,19H,17-18H2,(H,28,30). The summed E-state index contributed by atoms with van der Waals surface area (Å²) in [6, 6.07) is 29.9. The Bertz CT molecular complexity index is 1450. The first-order valence-electron chi connectivity index (χ1n) is 10.9. The van der Waals surface area contributed by atoms with Crippen LogP contribution >= 0.6 is 0 Å². The van der Waals surface area contributed by atoms with Crippen LogP contribution in [0, 0.1) is 0 Å². The average molecular weight is 471 g/mol. The van der Waals surface area contributed by atoms with Crippen molar-refractivity contribution in [1.82, 2.24) is 0 Å². The van der Waals surface area contributed by atoms with Crippen molar-refractivity contribution in [2.45, 2.75) is 11.3 Å². The molecule has 34 heavy (non-hydrogen) atoms. The molecular formula is C27H22N2O4S. The highest BCUT2D eigenvalue weighted by Gasteiger charge is 2.31. The van der Waals surface area contributed by atoms with Crippen LogP contribution in [0.3, 0.4) is 0 Å². The fourth-order valence-electron chi connectivity index (χ4n) is 3.95. The minimum atomic E-state index is -3.80. The number of fused-ring (bicyclic) bond motifs is 1. The van der Waals surface area contributed by atoms with E-state index in [9.17, 15) is 13.2 Å². The van der Waals surface area contributed by atoms with Gasteiger partial charge in [-0.3, -0.25) is 9.10 Å². The van der Waals surface area contributed by atoms with Crippen molar-refractivity contribution in [3.05, 3.63) is 114 Å². The molecule has 4 aromatic rings. The fraction of sp³-hybridized carbons (Fsp3) is 0.0741. The topological polar surface area (TPSA) is 75.7 Å². The van der Waals surface area contributed by atoms with Gasteiger partial charge >= 0.3 is 0 Å². The molecule has 0 aromatic heterocycles. The third-order valence-corrected chi connectivity index (χ3v) is 7.44. The lowest BCUT2D eigenvalue weighted by Gasteiger charge is -2.20. The highest BCUT2D eigenvalue weighted by atomic mass is 32.2. The molecule has 1 aliphatic rings. The van der Waals surface area contributed by atoms with E-state index in [0.717, 1.165) is 5.56 Å². The second kappa shape index (κ2) is 9.03. The van der Waals surface area contributed by atoms with Gasteiger partial charge in [-0.1, -0.05) is 54.6 Å². The molecular weight excluding hydrogens is 448 g/mol. The molecule has 6 nitrogen and oxygen atoms in total. The van der Waals surface area contributed by atoms with E-state index in [2.05, 4.69) is 5.32 Å². The van der Waals surface area contributed by atoms with Gasteiger partial charge in [0.15, 0.2) is 5.75 Å². The predicted octanol–water partition coefficient (Wildman–Crippen LogP) is 5.48. The summed E-state index contributed by atoms with van der Waals surface area (Å²) in [4.78, 5) is 13.1. The van der Waals surface area contributed by atoms with Gasteiger partial charge in [0.05, 0.1) is 16.3 Å². The van der Waals surface area contributed by atoms with Crippen molar-refractivity contribution in [2.24, 2.45) is 0 Å². The number of hydrogen-bond acceptors (Lipinski definition) is 4.